The zero-order valence-electron chi connectivity index (χ0n) is 8.65. The number of nitro groups is 1. The third-order valence-corrected chi connectivity index (χ3v) is 4.27. The molecule has 0 aliphatic carbocycles. The lowest BCUT2D eigenvalue weighted by atomic mass is 10.3. The molecule has 1 unspecified atom stereocenters. The first-order valence-corrected chi connectivity index (χ1v) is 6.57. The second kappa shape index (κ2) is 6.33. The molecule has 1 atom stereocenters. The summed E-state index contributed by atoms with van der Waals surface area (Å²) in [5.74, 6) is 1.83. The van der Waals surface area contributed by atoms with E-state index >= 15 is 0 Å². The van der Waals surface area contributed by atoms with Crippen molar-refractivity contribution in [3.05, 3.63) is 33.3 Å². The van der Waals surface area contributed by atoms with Crippen LogP contribution in [0.1, 0.15) is 6.92 Å². The van der Waals surface area contributed by atoms with Gasteiger partial charge in [-0.25, -0.2) is 0 Å². The molecule has 0 bridgehead atoms. The number of thioether (sulfide) groups is 1. The van der Waals surface area contributed by atoms with E-state index in [4.69, 9.17) is 23.2 Å². The molecule has 1 rings (SSSR count). The van der Waals surface area contributed by atoms with Crippen LogP contribution < -0.4 is 0 Å². The van der Waals surface area contributed by atoms with E-state index in [0.717, 1.165) is 10.6 Å². The van der Waals surface area contributed by atoms with E-state index in [1.165, 1.54) is 12.1 Å². The van der Waals surface area contributed by atoms with Gasteiger partial charge in [-0.1, -0.05) is 18.5 Å². The summed E-state index contributed by atoms with van der Waals surface area (Å²) < 4.78 is 0. The standard InChI is InChI=1S/C10H11Cl2NO2S/c1-7(5-11)6-16-10-3-2-8(13(14)15)4-9(10)12/h2-4,7H,5-6H2,1H3. The van der Waals surface area contributed by atoms with Gasteiger partial charge in [0, 0.05) is 28.7 Å². The molecular weight excluding hydrogens is 269 g/mol. The van der Waals surface area contributed by atoms with E-state index in [-0.39, 0.29) is 5.69 Å². The first-order chi connectivity index (χ1) is 7.54. The molecule has 0 radical (unpaired) electrons. The quantitative estimate of drug-likeness (QED) is 0.351. The fraction of sp³-hybridized carbons (Fsp3) is 0.400. The number of nitro benzene ring substituents is 1. The highest BCUT2D eigenvalue weighted by Gasteiger charge is 2.10. The maximum absolute atomic E-state index is 10.5. The Kier molecular flexibility index (Phi) is 5.38. The summed E-state index contributed by atoms with van der Waals surface area (Å²) >= 11 is 13.2. The number of hydrogen-bond acceptors (Lipinski definition) is 3. The van der Waals surface area contributed by atoms with Crippen LogP contribution in [0.4, 0.5) is 5.69 Å². The Balaban J connectivity index is 2.72. The molecule has 0 spiro atoms. The van der Waals surface area contributed by atoms with Crippen LogP contribution >= 0.6 is 35.0 Å². The lowest BCUT2D eigenvalue weighted by Gasteiger charge is -2.07. The van der Waals surface area contributed by atoms with E-state index in [9.17, 15) is 10.1 Å². The Morgan fingerprint density at radius 2 is 2.25 bits per heavy atom. The number of non-ortho nitro benzene ring substituents is 1. The number of alkyl halides is 1. The van der Waals surface area contributed by atoms with E-state index in [2.05, 4.69) is 0 Å². The largest absolute Gasteiger partial charge is 0.270 e. The molecule has 3 nitrogen and oxygen atoms in total. The van der Waals surface area contributed by atoms with Gasteiger partial charge in [0.25, 0.3) is 5.69 Å². The summed E-state index contributed by atoms with van der Waals surface area (Å²) in [4.78, 5) is 10.9. The summed E-state index contributed by atoms with van der Waals surface area (Å²) in [6, 6.07) is 4.50. The Morgan fingerprint density at radius 3 is 2.75 bits per heavy atom. The molecule has 6 heteroatoms. The smallest absolute Gasteiger partial charge is 0.258 e. The fourth-order valence-electron chi connectivity index (χ4n) is 0.997. The van der Waals surface area contributed by atoms with Crippen LogP contribution in [0.15, 0.2) is 23.1 Å². The van der Waals surface area contributed by atoms with Crippen LogP contribution in [-0.4, -0.2) is 16.6 Å². The highest BCUT2D eigenvalue weighted by molar-refractivity contribution is 7.99. The summed E-state index contributed by atoms with van der Waals surface area (Å²) in [5.41, 5.74) is 0.0136. The average Bonchev–Trinajstić information content (AvgIpc) is 2.26. The van der Waals surface area contributed by atoms with Crippen molar-refractivity contribution >= 4 is 40.7 Å². The predicted molar refractivity (Wildman–Crippen MR) is 68.7 cm³/mol. The van der Waals surface area contributed by atoms with Crippen molar-refractivity contribution in [1.29, 1.82) is 0 Å². The molecule has 1 aromatic carbocycles. The Morgan fingerprint density at radius 1 is 1.56 bits per heavy atom. The second-order valence-corrected chi connectivity index (χ2v) is 5.22. The van der Waals surface area contributed by atoms with Gasteiger partial charge in [0.15, 0.2) is 0 Å². The van der Waals surface area contributed by atoms with Crippen molar-refractivity contribution in [2.24, 2.45) is 5.92 Å². The lowest BCUT2D eigenvalue weighted by Crippen LogP contribution is -1.99. The number of hydrogen-bond donors (Lipinski definition) is 0. The van der Waals surface area contributed by atoms with Crippen molar-refractivity contribution in [2.75, 3.05) is 11.6 Å². The van der Waals surface area contributed by atoms with E-state index in [1.54, 1.807) is 17.8 Å². The third kappa shape index (κ3) is 3.85. The van der Waals surface area contributed by atoms with Crippen molar-refractivity contribution in [2.45, 2.75) is 11.8 Å². The van der Waals surface area contributed by atoms with Crippen molar-refractivity contribution in [3.8, 4) is 0 Å². The highest BCUT2D eigenvalue weighted by Crippen LogP contribution is 2.31. The molecule has 0 aliphatic rings. The van der Waals surface area contributed by atoms with Crippen LogP contribution in [0.2, 0.25) is 5.02 Å². The molecule has 0 fully saturated rings. The van der Waals surface area contributed by atoms with Gasteiger partial charge in [0.2, 0.25) is 0 Å². The van der Waals surface area contributed by atoms with Crippen molar-refractivity contribution < 1.29 is 4.92 Å². The molecular formula is C10H11Cl2NO2S. The fourth-order valence-corrected chi connectivity index (χ4v) is 2.52. The Labute approximate surface area is 108 Å². The average molecular weight is 280 g/mol. The zero-order valence-corrected chi connectivity index (χ0v) is 11.0. The van der Waals surface area contributed by atoms with E-state index in [0.29, 0.717) is 16.8 Å². The van der Waals surface area contributed by atoms with Crippen LogP contribution in [0.5, 0.6) is 0 Å². The van der Waals surface area contributed by atoms with Crippen LogP contribution in [0.3, 0.4) is 0 Å². The molecule has 0 heterocycles. The number of nitrogens with zero attached hydrogens (tertiary/aromatic N) is 1. The lowest BCUT2D eigenvalue weighted by molar-refractivity contribution is -0.384. The van der Waals surface area contributed by atoms with Gasteiger partial charge in [0.05, 0.1) is 9.95 Å². The van der Waals surface area contributed by atoms with Gasteiger partial charge < -0.3 is 0 Å². The Hall–Kier alpha value is -0.450. The summed E-state index contributed by atoms with van der Waals surface area (Å²) in [7, 11) is 0. The van der Waals surface area contributed by atoms with Gasteiger partial charge in [-0.15, -0.1) is 23.4 Å². The first-order valence-electron chi connectivity index (χ1n) is 4.67. The van der Waals surface area contributed by atoms with Crippen molar-refractivity contribution in [3.63, 3.8) is 0 Å². The SMILES string of the molecule is CC(CCl)CSc1ccc([N+](=O)[O-])cc1Cl. The number of benzene rings is 1. The van der Waals surface area contributed by atoms with E-state index < -0.39 is 4.92 Å². The monoisotopic (exact) mass is 279 g/mol. The van der Waals surface area contributed by atoms with E-state index in [1.807, 2.05) is 6.92 Å². The first kappa shape index (κ1) is 13.6. The summed E-state index contributed by atoms with van der Waals surface area (Å²) in [6.45, 7) is 2.04. The minimum Gasteiger partial charge on any atom is -0.258 e. The second-order valence-electron chi connectivity index (χ2n) is 3.44. The molecule has 0 saturated heterocycles. The molecule has 0 amide bonds. The molecule has 0 saturated carbocycles. The minimum absolute atomic E-state index is 0.0136. The van der Waals surface area contributed by atoms with Gasteiger partial charge in [-0.3, -0.25) is 10.1 Å². The van der Waals surface area contributed by atoms with Gasteiger partial charge in [-0.05, 0) is 12.0 Å². The van der Waals surface area contributed by atoms with Crippen LogP contribution in [0.25, 0.3) is 0 Å². The number of halogens is 2. The summed E-state index contributed by atoms with van der Waals surface area (Å²) in [6.07, 6.45) is 0. The van der Waals surface area contributed by atoms with Crippen LogP contribution in [0, 0.1) is 16.0 Å². The van der Waals surface area contributed by atoms with Gasteiger partial charge in [-0.2, -0.15) is 0 Å². The topological polar surface area (TPSA) is 43.1 Å². The minimum atomic E-state index is -0.457. The normalized spacial score (nSPS) is 12.4. The maximum atomic E-state index is 10.5. The molecule has 0 aliphatic heterocycles. The van der Waals surface area contributed by atoms with Gasteiger partial charge in [0.1, 0.15) is 0 Å². The predicted octanol–water partition coefficient (Wildman–Crippen LogP) is 4.22. The molecule has 16 heavy (non-hydrogen) atoms. The maximum Gasteiger partial charge on any atom is 0.270 e. The molecule has 0 aromatic heterocycles. The number of rotatable bonds is 5. The zero-order chi connectivity index (χ0) is 12.1. The molecule has 1 aromatic rings. The highest BCUT2D eigenvalue weighted by atomic mass is 35.5. The Bertz CT molecular complexity index is 387. The van der Waals surface area contributed by atoms with Crippen LogP contribution in [-0.2, 0) is 0 Å². The third-order valence-electron chi connectivity index (χ3n) is 1.91. The van der Waals surface area contributed by atoms with Crippen molar-refractivity contribution in [1.82, 2.24) is 0 Å². The van der Waals surface area contributed by atoms with Gasteiger partial charge >= 0.3 is 0 Å². The summed E-state index contributed by atoms with van der Waals surface area (Å²) in [5, 5.41) is 10.9. The molecule has 0 N–H and O–H groups in total. The molecule has 88 valence electrons.